The van der Waals surface area contributed by atoms with Crippen molar-refractivity contribution in [2.45, 2.75) is 23.7 Å². The van der Waals surface area contributed by atoms with Crippen LogP contribution in [0.15, 0.2) is 77.7 Å². The van der Waals surface area contributed by atoms with Crippen molar-refractivity contribution in [1.29, 1.82) is 0 Å². The Hall–Kier alpha value is -2.55. The first-order valence-electron chi connectivity index (χ1n) is 10.7. The Morgan fingerprint density at radius 3 is 2.35 bits per heavy atom. The number of hydrogen-bond donors (Lipinski definition) is 0. The predicted octanol–water partition coefficient (Wildman–Crippen LogP) is 5.83. The zero-order valence-electron chi connectivity index (χ0n) is 18.5. The van der Waals surface area contributed by atoms with Crippen LogP contribution in [-0.4, -0.2) is 39.2 Å². The summed E-state index contributed by atoms with van der Waals surface area (Å²) in [5, 5.41) is -0.308. The summed E-state index contributed by atoms with van der Waals surface area (Å²) < 4.78 is 63.3. The van der Waals surface area contributed by atoms with Crippen LogP contribution in [-0.2, 0) is 22.6 Å². The van der Waals surface area contributed by atoms with Crippen LogP contribution in [0.3, 0.4) is 0 Å². The van der Waals surface area contributed by atoms with E-state index in [9.17, 15) is 21.6 Å². The molecule has 4 rings (SSSR count). The second kappa shape index (κ2) is 9.60. The van der Waals surface area contributed by atoms with Crippen molar-refractivity contribution in [1.82, 2.24) is 4.90 Å². The zero-order chi connectivity index (χ0) is 24.5. The molecule has 0 amide bonds. The van der Waals surface area contributed by atoms with Gasteiger partial charge >= 0.3 is 6.18 Å². The summed E-state index contributed by atoms with van der Waals surface area (Å²) in [6.07, 6.45) is -3.31. The number of benzene rings is 3. The highest BCUT2D eigenvalue weighted by molar-refractivity contribution is 7.90. The van der Waals surface area contributed by atoms with Gasteiger partial charge in [0, 0.05) is 38.1 Å². The van der Waals surface area contributed by atoms with Crippen LogP contribution >= 0.6 is 11.6 Å². The van der Waals surface area contributed by atoms with Gasteiger partial charge in [0.15, 0.2) is 9.84 Å². The third kappa shape index (κ3) is 5.56. The lowest BCUT2D eigenvalue weighted by molar-refractivity contribution is -0.137. The minimum atomic E-state index is -4.49. The van der Waals surface area contributed by atoms with Gasteiger partial charge in [0.2, 0.25) is 0 Å². The fourth-order valence-electron chi connectivity index (χ4n) is 4.27. The Morgan fingerprint density at radius 1 is 0.971 bits per heavy atom. The van der Waals surface area contributed by atoms with E-state index < -0.39 is 21.6 Å². The number of nitrogens with zero attached hydrogens (tertiary/aromatic N) is 2. The summed E-state index contributed by atoms with van der Waals surface area (Å²) in [7, 11) is -3.33. The van der Waals surface area contributed by atoms with Crippen molar-refractivity contribution in [3.05, 3.63) is 94.5 Å². The lowest BCUT2D eigenvalue weighted by atomic mass is 10.0. The molecule has 4 nitrogen and oxygen atoms in total. The summed E-state index contributed by atoms with van der Waals surface area (Å²) in [5.41, 5.74) is 1.75. The van der Waals surface area contributed by atoms with E-state index in [0.29, 0.717) is 31.7 Å². The van der Waals surface area contributed by atoms with Gasteiger partial charge in [-0.2, -0.15) is 13.2 Å². The maximum Gasteiger partial charge on any atom is 0.417 e. The van der Waals surface area contributed by atoms with Gasteiger partial charge in [0.25, 0.3) is 0 Å². The van der Waals surface area contributed by atoms with E-state index in [0.717, 1.165) is 17.3 Å². The van der Waals surface area contributed by atoms with Crippen LogP contribution in [0.4, 0.5) is 18.9 Å². The SMILES string of the molecule is CS(=O)(=O)c1cccc(N2CCN(Cc3ccc(C(F)(F)F)c(Cl)c3)[C@@H](c3ccccc3)C2)c1. The molecule has 1 aliphatic rings. The number of alkyl halides is 3. The van der Waals surface area contributed by atoms with Crippen LogP contribution in [0.5, 0.6) is 0 Å². The number of sulfone groups is 1. The minimum absolute atomic E-state index is 0.0436. The van der Waals surface area contributed by atoms with Crippen LogP contribution in [0.2, 0.25) is 5.02 Å². The van der Waals surface area contributed by atoms with E-state index in [2.05, 4.69) is 9.80 Å². The molecule has 0 aromatic heterocycles. The first-order valence-corrected chi connectivity index (χ1v) is 13.0. The van der Waals surface area contributed by atoms with Crippen molar-refractivity contribution >= 4 is 27.1 Å². The van der Waals surface area contributed by atoms with E-state index in [1.54, 1.807) is 18.2 Å². The van der Waals surface area contributed by atoms with Crippen molar-refractivity contribution in [3.8, 4) is 0 Å². The fourth-order valence-corrected chi connectivity index (χ4v) is 5.24. The standard InChI is InChI=1S/C25H24ClF3N2O2S/c1-34(32,33)21-9-5-8-20(15-21)30-12-13-31(24(17-30)19-6-3-2-4-7-19)16-18-10-11-22(23(26)14-18)25(27,28)29/h2-11,14-15,24H,12-13,16-17H2,1H3/t24-/m1/s1. The number of anilines is 1. The van der Waals surface area contributed by atoms with Crippen molar-refractivity contribution in [3.63, 3.8) is 0 Å². The maximum atomic E-state index is 13.1. The van der Waals surface area contributed by atoms with Crippen LogP contribution in [0.1, 0.15) is 22.7 Å². The smallest absolute Gasteiger partial charge is 0.368 e. The van der Waals surface area contributed by atoms with Crippen molar-refractivity contribution < 1.29 is 21.6 Å². The Bertz CT molecular complexity index is 1270. The molecule has 0 N–H and O–H groups in total. The van der Waals surface area contributed by atoms with Gasteiger partial charge < -0.3 is 4.90 Å². The summed E-state index contributed by atoms with van der Waals surface area (Å²) in [4.78, 5) is 4.62. The average molecular weight is 509 g/mol. The molecule has 1 fully saturated rings. The first kappa shape index (κ1) is 24.6. The Kier molecular flexibility index (Phi) is 6.94. The molecule has 0 aliphatic carbocycles. The summed E-state index contributed by atoms with van der Waals surface area (Å²) in [6, 6.07) is 20.6. The normalized spacial score (nSPS) is 17.7. The molecule has 1 atom stereocenters. The van der Waals surface area contributed by atoms with Crippen LogP contribution in [0, 0.1) is 0 Å². The molecule has 9 heteroatoms. The van der Waals surface area contributed by atoms with Crippen LogP contribution in [0.25, 0.3) is 0 Å². The van der Waals surface area contributed by atoms with Gasteiger partial charge in [0.05, 0.1) is 21.5 Å². The second-order valence-corrected chi connectivity index (χ2v) is 10.8. The van der Waals surface area contributed by atoms with Gasteiger partial charge in [-0.15, -0.1) is 0 Å². The molecule has 1 heterocycles. The predicted molar refractivity (Wildman–Crippen MR) is 128 cm³/mol. The molecule has 0 unspecified atom stereocenters. The molecule has 3 aromatic rings. The molecule has 1 aliphatic heterocycles. The number of halogens is 4. The van der Waals surface area contributed by atoms with Gasteiger partial charge in [-0.25, -0.2) is 8.42 Å². The third-order valence-electron chi connectivity index (χ3n) is 6.01. The van der Waals surface area contributed by atoms with E-state index in [1.807, 2.05) is 36.4 Å². The minimum Gasteiger partial charge on any atom is -0.368 e. The Morgan fingerprint density at radius 2 is 1.71 bits per heavy atom. The van der Waals surface area contributed by atoms with Gasteiger partial charge in [0.1, 0.15) is 0 Å². The van der Waals surface area contributed by atoms with Crippen molar-refractivity contribution in [2.24, 2.45) is 0 Å². The van der Waals surface area contributed by atoms with E-state index in [-0.39, 0.29) is 16.0 Å². The molecule has 3 aromatic carbocycles. The molecular formula is C25H24ClF3N2O2S. The molecule has 0 spiro atoms. The van der Waals surface area contributed by atoms with Crippen LogP contribution < -0.4 is 4.90 Å². The largest absolute Gasteiger partial charge is 0.417 e. The van der Waals surface area contributed by atoms with E-state index in [4.69, 9.17) is 11.6 Å². The molecule has 34 heavy (non-hydrogen) atoms. The molecule has 0 saturated carbocycles. The topological polar surface area (TPSA) is 40.6 Å². The number of hydrogen-bond acceptors (Lipinski definition) is 4. The summed E-state index contributed by atoms with van der Waals surface area (Å²) in [6.45, 7) is 2.33. The molecule has 0 bridgehead atoms. The lowest BCUT2D eigenvalue weighted by Crippen LogP contribution is -2.48. The van der Waals surface area contributed by atoms with Gasteiger partial charge in [-0.05, 0) is 41.5 Å². The van der Waals surface area contributed by atoms with E-state index >= 15 is 0 Å². The lowest BCUT2D eigenvalue weighted by Gasteiger charge is -2.43. The Balaban J connectivity index is 1.61. The Labute approximate surface area is 202 Å². The van der Waals surface area contributed by atoms with Crippen molar-refractivity contribution in [2.75, 3.05) is 30.8 Å². The third-order valence-corrected chi connectivity index (χ3v) is 7.43. The average Bonchev–Trinajstić information content (AvgIpc) is 2.79. The second-order valence-electron chi connectivity index (χ2n) is 8.42. The number of piperazine rings is 1. The van der Waals surface area contributed by atoms with E-state index in [1.165, 1.54) is 18.4 Å². The quantitative estimate of drug-likeness (QED) is 0.435. The molecule has 180 valence electrons. The first-order chi connectivity index (χ1) is 16.0. The number of rotatable bonds is 5. The fraction of sp³-hybridized carbons (Fsp3) is 0.280. The summed E-state index contributed by atoms with van der Waals surface area (Å²) in [5.74, 6) is 0. The van der Waals surface area contributed by atoms with Gasteiger partial charge in [-0.3, -0.25) is 4.90 Å². The highest BCUT2D eigenvalue weighted by atomic mass is 35.5. The molecule has 1 saturated heterocycles. The molecular weight excluding hydrogens is 485 g/mol. The summed E-state index contributed by atoms with van der Waals surface area (Å²) >= 11 is 5.94. The van der Waals surface area contributed by atoms with Gasteiger partial charge in [-0.1, -0.05) is 54.1 Å². The highest BCUT2D eigenvalue weighted by Crippen LogP contribution is 2.36. The zero-order valence-corrected chi connectivity index (χ0v) is 20.0. The highest BCUT2D eigenvalue weighted by Gasteiger charge is 2.34. The monoisotopic (exact) mass is 508 g/mol. The maximum absolute atomic E-state index is 13.1. The molecule has 0 radical (unpaired) electrons.